The van der Waals surface area contributed by atoms with Crippen molar-refractivity contribution in [3.63, 3.8) is 0 Å². The van der Waals surface area contributed by atoms with E-state index in [1.54, 1.807) is 0 Å². The number of nitrogens with one attached hydrogen (secondary N) is 1. The second kappa shape index (κ2) is 8.31. The first-order chi connectivity index (χ1) is 15.3. The number of amides is 2. The number of nitrogens with two attached hydrogens (primary N) is 1. The van der Waals surface area contributed by atoms with Gasteiger partial charge in [0.05, 0.1) is 23.8 Å². The van der Waals surface area contributed by atoms with E-state index in [1.165, 1.54) is 19.2 Å². The van der Waals surface area contributed by atoms with E-state index in [4.69, 9.17) is 15.2 Å². The third-order valence-corrected chi connectivity index (χ3v) is 5.47. The number of aromatic nitrogens is 1. The van der Waals surface area contributed by atoms with Gasteiger partial charge in [-0.05, 0) is 33.6 Å². The van der Waals surface area contributed by atoms with Crippen molar-refractivity contribution in [3.05, 3.63) is 85.6 Å². The van der Waals surface area contributed by atoms with Crippen molar-refractivity contribution in [1.82, 2.24) is 9.88 Å². The molecular formula is C22H16BrN3O6. The number of carbonyl (C=O) groups is 3. The number of carbonyl (C=O) groups excluding carboxylic acids is 3. The van der Waals surface area contributed by atoms with Crippen molar-refractivity contribution >= 4 is 39.5 Å². The van der Waals surface area contributed by atoms with E-state index in [0.29, 0.717) is 4.47 Å². The number of fused-ring (bicyclic) bond motifs is 1. The van der Waals surface area contributed by atoms with E-state index >= 15 is 0 Å². The van der Waals surface area contributed by atoms with Crippen LogP contribution in [0.15, 0.2) is 57.8 Å². The normalized spacial score (nSPS) is 12.3. The first kappa shape index (κ1) is 21.3. The lowest BCUT2D eigenvalue weighted by Crippen LogP contribution is -2.25. The van der Waals surface area contributed by atoms with Gasteiger partial charge in [-0.15, -0.1) is 0 Å². The number of imide groups is 1. The van der Waals surface area contributed by atoms with Crippen molar-refractivity contribution in [2.75, 3.05) is 12.8 Å². The number of pyridine rings is 1. The minimum absolute atomic E-state index is 0.0946. The monoisotopic (exact) mass is 497 g/mol. The molecule has 0 saturated heterocycles. The molecule has 1 aromatic heterocycles. The number of hydrogen-bond donors (Lipinski definition) is 2. The average Bonchev–Trinajstić information content (AvgIpc) is 3.06. The van der Waals surface area contributed by atoms with Gasteiger partial charge in [-0.3, -0.25) is 24.3 Å². The summed E-state index contributed by atoms with van der Waals surface area (Å²) in [6, 6.07) is 13.2. The molecule has 10 heteroatoms. The van der Waals surface area contributed by atoms with Gasteiger partial charge in [0.1, 0.15) is 23.9 Å². The predicted molar refractivity (Wildman–Crippen MR) is 118 cm³/mol. The van der Waals surface area contributed by atoms with Gasteiger partial charge in [0.2, 0.25) is 0 Å². The van der Waals surface area contributed by atoms with Crippen LogP contribution in [0.3, 0.4) is 0 Å². The maximum absolute atomic E-state index is 12.9. The summed E-state index contributed by atoms with van der Waals surface area (Å²) in [6.45, 7) is 0.128. The smallest absolute Gasteiger partial charge is 0.338 e. The molecule has 0 atom stereocenters. The van der Waals surface area contributed by atoms with Gasteiger partial charge >= 0.3 is 5.97 Å². The minimum Gasteiger partial charge on any atom is -0.487 e. The molecular weight excluding hydrogens is 482 g/mol. The van der Waals surface area contributed by atoms with Crippen LogP contribution in [0.4, 0.5) is 5.82 Å². The fraction of sp³-hybridized carbons (Fsp3) is 0.0909. The molecule has 0 spiro atoms. The van der Waals surface area contributed by atoms with Crippen LogP contribution in [0.1, 0.15) is 36.6 Å². The first-order valence-corrected chi connectivity index (χ1v) is 10.1. The third kappa shape index (κ3) is 3.65. The van der Waals surface area contributed by atoms with Crippen molar-refractivity contribution in [2.45, 2.75) is 6.61 Å². The number of rotatable bonds is 5. The number of anilines is 1. The number of benzene rings is 2. The number of nitrogen functional groups attached to an aromatic ring is 1. The van der Waals surface area contributed by atoms with Crippen LogP contribution in [0.25, 0.3) is 5.69 Å². The zero-order valence-corrected chi connectivity index (χ0v) is 18.3. The highest BCUT2D eigenvalue weighted by Crippen LogP contribution is 2.35. The van der Waals surface area contributed by atoms with E-state index in [1.807, 2.05) is 30.3 Å². The molecule has 0 fully saturated rings. The molecule has 2 aromatic carbocycles. The topological polar surface area (TPSA) is 130 Å². The molecule has 9 nitrogen and oxygen atoms in total. The molecule has 2 heterocycles. The van der Waals surface area contributed by atoms with Crippen LogP contribution in [-0.2, 0) is 11.3 Å². The average molecular weight is 498 g/mol. The molecule has 3 N–H and O–H groups in total. The number of nitrogens with zero attached hydrogens (tertiary/aromatic N) is 1. The quantitative estimate of drug-likeness (QED) is 0.408. The van der Waals surface area contributed by atoms with Crippen LogP contribution in [0.5, 0.6) is 5.75 Å². The summed E-state index contributed by atoms with van der Waals surface area (Å²) in [6.07, 6.45) is 0. The number of esters is 1. The van der Waals surface area contributed by atoms with Gasteiger partial charge in [0.15, 0.2) is 0 Å². The Hall–Kier alpha value is -3.92. The number of ether oxygens (including phenoxy) is 2. The van der Waals surface area contributed by atoms with Crippen LogP contribution >= 0.6 is 15.9 Å². The molecule has 162 valence electrons. The fourth-order valence-corrected chi connectivity index (χ4v) is 4.00. The maximum atomic E-state index is 12.9. The summed E-state index contributed by atoms with van der Waals surface area (Å²) < 4.78 is 12.1. The van der Waals surface area contributed by atoms with Gasteiger partial charge in [-0.2, -0.15) is 0 Å². The molecule has 4 rings (SSSR count). The van der Waals surface area contributed by atoms with Gasteiger partial charge in [-0.25, -0.2) is 4.79 Å². The Balaban J connectivity index is 1.91. The molecule has 1 aliphatic rings. The highest BCUT2D eigenvalue weighted by molar-refractivity contribution is 9.10. The number of methoxy groups -OCH3 is 1. The standard InChI is InChI=1S/C22H16BrN3O6/c1-31-22(30)12-7-14(23)18(15(8-12)32-10-11-5-3-2-4-6-11)26-16(27)9-13-17(19(26)24)21(29)25-20(13)28/h2-9H,10,24H2,1H3,(H,25,28,29). The van der Waals surface area contributed by atoms with E-state index in [9.17, 15) is 19.2 Å². The van der Waals surface area contributed by atoms with Crippen LogP contribution in [0, 0.1) is 0 Å². The summed E-state index contributed by atoms with van der Waals surface area (Å²) >= 11 is 3.36. The summed E-state index contributed by atoms with van der Waals surface area (Å²) in [5.74, 6) is -2.10. The molecule has 32 heavy (non-hydrogen) atoms. The summed E-state index contributed by atoms with van der Waals surface area (Å²) in [4.78, 5) is 49.2. The highest BCUT2D eigenvalue weighted by atomic mass is 79.9. The Morgan fingerprint density at radius 3 is 2.50 bits per heavy atom. The van der Waals surface area contributed by atoms with Crippen molar-refractivity contribution < 1.29 is 23.9 Å². The van der Waals surface area contributed by atoms with E-state index in [2.05, 4.69) is 21.2 Å². The Bertz CT molecular complexity index is 1330. The molecule has 0 aliphatic carbocycles. The molecule has 3 aromatic rings. The van der Waals surface area contributed by atoms with Crippen molar-refractivity contribution in [1.29, 1.82) is 0 Å². The molecule has 0 unspecified atom stereocenters. The SMILES string of the molecule is COC(=O)c1cc(Br)c(-n2c(N)c3c(cc2=O)C(=O)NC3=O)c(OCc2ccccc2)c1. The van der Waals surface area contributed by atoms with Gasteiger partial charge in [0.25, 0.3) is 17.4 Å². The molecule has 0 bridgehead atoms. The lowest BCUT2D eigenvalue weighted by atomic mass is 10.1. The zero-order chi connectivity index (χ0) is 23.0. The van der Waals surface area contributed by atoms with E-state index in [0.717, 1.165) is 16.2 Å². The van der Waals surface area contributed by atoms with Crippen molar-refractivity contribution in [2.24, 2.45) is 0 Å². The zero-order valence-electron chi connectivity index (χ0n) is 16.7. The largest absolute Gasteiger partial charge is 0.487 e. The number of hydrogen-bond acceptors (Lipinski definition) is 7. The highest BCUT2D eigenvalue weighted by Gasteiger charge is 2.33. The Kier molecular flexibility index (Phi) is 5.54. The summed E-state index contributed by atoms with van der Waals surface area (Å²) in [7, 11) is 1.24. The Labute approximate surface area is 189 Å². The summed E-state index contributed by atoms with van der Waals surface area (Å²) in [5, 5.41) is 2.12. The summed E-state index contributed by atoms with van der Waals surface area (Å²) in [5.41, 5.74) is 6.51. The fourth-order valence-electron chi connectivity index (χ4n) is 3.38. The molecule has 2 amide bonds. The van der Waals surface area contributed by atoms with Crippen LogP contribution in [-0.4, -0.2) is 29.5 Å². The minimum atomic E-state index is -0.703. The van der Waals surface area contributed by atoms with Crippen LogP contribution < -0.4 is 21.3 Å². The van der Waals surface area contributed by atoms with Crippen molar-refractivity contribution in [3.8, 4) is 11.4 Å². The van der Waals surface area contributed by atoms with Gasteiger partial charge in [-0.1, -0.05) is 30.3 Å². The van der Waals surface area contributed by atoms with Gasteiger partial charge < -0.3 is 15.2 Å². The Morgan fingerprint density at radius 1 is 1.09 bits per heavy atom. The van der Waals surface area contributed by atoms with Gasteiger partial charge in [0, 0.05) is 10.5 Å². The maximum Gasteiger partial charge on any atom is 0.338 e. The van der Waals surface area contributed by atoms with E-state index in [-0.39, 0.29) is 40.6 Å². The predicted octanol–water partition coefficient (Wildman–Crippen LogP) is 2.43. The molecule has 0 saturated carbocycles. The second-order valence-corrected chi connectivity index (χ2v) is 7.70. The number of halogens is 1. The molecule has 0 radical (unpaired) electrons. The second-order valence-electron chi connectivity index (χ2n) is 6.85. The van der Waals surface area contributed by atoms with E-state index < -0.39 is 23.3 Å². The molecule has 1 aliphatic heterocycles. The lowest BCUT2D eigenvalue weighted by molar-refractivity contribution is 0.0599. The first-order valence-electron chi connectivity index (χ1n) is 9.32. The van der Waals surface area contributed by atoms with Crippen LogP contribution in [0.2, 0.25) is 0 Å². The lowest BCUT2D eigenvalue weighted by Gasteiger charge is -2.19. The third-order valence-electron chi connectivity index (χ3n) is 4.86. The Morgan fingerprint density at radius 2 is 1.81 bits per heavy atom.